The van der Waals surface area contributed by atoms with Crippen LogP contribution in [0.4, 0.5) is 33.6 Å². The molecule has 1 aromatic heterocycles. The number of amides is 3. The number of nitrogens with zero attached hydrogens (tertiary/aromatic N) is 5. The highest BCUT2D eigenvalue weighted by Gasteiger charge is 2.30. The minimum atomic E-state index is -3.51. The van der Waals surface area contributed by atoms with Gasteiger partial charge in [-0.05, 0) is 65.7 Å². The summed E-state index contributed by atoms with van der Waals surface area (Å²) in [5.74, 6) is 0.559. The second kappa shape index (κ2) is 13.6. The molecule has 3 heterocycles. The second-order valence-corrected chi connectivity index (χ2v) is 13.8. The van der Waals surface area contributed by atoms with Gasteiger partial charge in [-0.3, -0.25) is 9.59 Å². The molecule has 13 nitrogen and oxygen atoms in total. The average molecular weight is 618 g/mol. The lowest BCUT2D eigenvalue weighted by Gasteiger charge is -2.36. The fourth-order valence-electron chi connectivity index (χ4n) is 4.32. The van der Waals surface area contributed by atoms with Crippen molar-refractivity contribution in [2.75, 3.05) is 53.4 Å². The van der Waals surface area contributed by atoms with E-state index in [0.717, 1.165) is 32.2 Å². The number of benzene rings is 1. The molecule has 0 spiro atoms. The van der Waals surface area contributed by atoms with Crippen molar-refractivity contribution in [1.29, 1.82) is 0 Å². The Morgan fingerprint density at radius 2 is 1.72 bits per heavy atom. The lowest BCUT2D eigenvalue weighted by Crippen LogP contribution is -2.47. The van der Waals surface area contributed by atoms with E-state index in [9.17, 15) is 22.8 Å². The third-order valence-corrected chi connectivity index (χ3v) is 7.73. The van der Waals surface area contributed by atoms with Crippen molar-refractivity contribution in [3.8, 4) is 0 Å². The first-order valence-electron chi connectivity index (χ1n) is 14.3. The van der Waals surface area contributed by atoms with Crippen LogP contribution in [0, 0.1) is 0 Å². The molecule has 0 radical (unpaired) electrons. The van der Waals surface area contributed by atoms with Gasteiger partial charge >= 0.3 is 6.09 Å². The van der Waals surface area contributed by atoms with Crippen molar-refractivity contribution in [2.45, 2.75) is 77.3 Å². The van der Waals surface area contributed by atoms with Crippen LogP contribution in [0.1, 0.15) is 60.8 Å². The Bertz CT molecular complexity index is 1450. The third-order valence-electron chi connectivity index (χ3n) is 6.64. The van der Waals surface area contributed by atoms with Gasteiger partial charge in [-0.25, -0.2) is 18.2 Å². The van der Waals surface area contributed by atoms with Crippen LogP contribution in [0.2, 0.25) is 0 Å². The van der Waals surface area contributed by atoms with Gasteiger partial charge in [0.1, 0.15) is 11.3 Å². The van der Waals surface area contributed by atoms with Crippen LogP contribution in [0.3, 0.4) is 0 Å². The molecule has 2 aliphatic heterocycles. The first-order valence-corrected chi connectivity index (χ1v) is 16.2. The number of carbonyl (C=O) groups is 3. The number of sulfone groups is 1. The van der Waals surface area contributed by atoms with E-state index in [0.29, 0.717) is 22.9 Å². The van der Waals surface area contributed by atoms with Gasteiger partial charge in [0, 0.05) is 50.2 Å². The molecule has 0 aliphatic carbocycles. The van der Waals surface area contributed by atoms with Crippen molar-refractivity contribution >= 4 is 56.6 Å². The Morgan fingerprint density at radius 3 is 2.28 bits per heavy atom. The number of ether oxygens (including phenoxy) is 1. The summed E-state index contributed by atoms with van der Waals surface area (Å²) in [5, 5.41) is 5.69. The maximum Gasteiger partial charge on any atom is 0.410 e. The van der Waals surface area contributed by atoms with Gasteiger partial charge in [-0.2, -0.15) is 4.98 Å². The Labute approximate surface area is 253 Å². The number of fused-ring (bicyclic) bond motifs is 1. The minimum Gasteiger partial charge on any atom is -0.444 e. The number of carbonyl (C=O) groups excluding carboxylic acids is 3. The van der Waals surface area contributed by atoms with Gasteiger partial charge in [-0.15, -0.1) is 0 Å². The van der Waals surface area contributed by atoms with E-state index in [4.69, 9.17) is 4.74 Å². The monoisotopic (exact) mass is 617 g/mol. The van der Waals surface area contributed by atoms with Gasteiger partial charge in [-0.1, -0.05) is 6.92 Å². The van der Waals surface area contributed by atoms with E-state index in [1.807, 2.05) is 39.5 Å². The van der Waals surface area contributed by atoms with Gasteiger partial charge in [0.25, 0.3) is 0 Å². The Balaban J connectivity index is 0.000000353. The predicted octanol–water partition coefficient (Wildman–Crippen LogP) is 4.18. The molecule has 2 N–H and O–H groups in total. The number of hydrogen-bond acceptors (Lipinski definition) is 10. The Morgan fingerprint density at radius 1 is 1.09 bits per heavy atom. The third kappa shape index (κ3) is 9.27. The van der Waals surface area contributed by atoms with E-state index in [2.05, 4.69) is 20.6 Å². The maximum absolute atomic E-state index is 12.3. The van der Waals surface area contributed by atoms with Crippen LogP contribution in [-0.2, 0) is 24.2 Å². The van der Waals surface area contributed by atoms with E-state index < -0.39 is 9.84 Å². The zero-order valence-electron chi connectivity index (χ0n) is 26.2. The number of likely N-dealkylation sites (tertiary alicyclic amines) is 1. The second-order valence-electron chi connectivity index (χ2n) is 11.8. The molecule has 1 saturated heterocycles. The fourth-order valence-corrected chi connectivity index (χ4v) is 5.01. The summed E-state index contributed by atoms with van der Waals surface area (Å²) in [6.45, 7) is 13.2. The minimum absolute atomic E-state index is 0.0450. The lowest BCUT2D eigenvalue weighted by molar-refractivity contribution is -0.117. The Hall–Kier alpha value is -3.94. The Kier molecular flexibility index (Phi) is 10.6. The van der Waals surface area contributed by atoms with Gasteiger partial charge in [0.15, 0.2) is 15.7 Å². The van der Waals surface area contributed by atoms with Crippen molar-refractivity contribution in [3.05, 3.63) is 24.4 Å². The molecule has 0 unspecified atom stereocenters. The average Bonchev–Trinajstić information content (AvgIpc) is 3.45. The van der Waals surface area contributed by atoms with Crippen LogP contribution in [0.5, 0.6) is 0 Å². The number of hydrogen-bond donors (Lipinski definition) is 2. The molecule has 2 aromatic rings. The van der Waals surface area contributed by atoms with E-state index >= 15 is 0 Å². The molecule has 14 heteroatoms. The summed E-state index contributed by atoms with van der Waals surface area (Å²) in [4.78, 5) is 49.5. The zero-order chi connectivity index (χ0) is 32.1. The van der Waals surface area contributed by atoms with Crippen LogP contribution >= 0.6 is 0 Å². The van der Waals surface area contributed by atoms with Crippen molar-refractivity contribution in [1.82, 2.24) is 14.9 Å². The van der Waals surface area contributed by atoms with Crippen LogP contribution in [0.25, 0.3) is 0 Å². The molecule has 43 heavy (non-hydrogen) atoms. The molecule has 3 amide bonds. The summed E-state index contributed by atoms with van der Waals surface area (Å²) in [5.41, 5.74) is 0.992. The normalized spacial score (nSPS) is 15.1. The number of rotatable bonds is 6. The SMILES string of the molecule is CC(C)(C)OC(=O)N1CCCC1.CCC(=O)Nc1cc(Nc2ncc3c(n2)N(C(C)C)CC(=O)N3C)cc(S(C)(=O)=O)c1. The summed E-state index contributed by atoms with van der Waals surface area (Å²) in [6, 6.07) is 4.52. The molecule has 4 rings (SSSR count). The first-order chi connectivity index (χ1) is 20.0. The van der Waals surface area contributed by atoms with Crippen molar-refractivity contribution in [3.63, 3.8) is 0 Å². The van der Waals surface area contributed by atoms with Crippen LogP contribution in [0.15, 0.2) is 29.3 Å². The molecule has 0 atom stereocenters. The molecule has 236 valence electrons. The van der Waals surface area contributed by atoms with Crippen LogP contribution < -0.4 is 20.4 Å². The van der Waals surface area contributed by atoms with Gasteiger partial charge in [0.2, 0.25) is 17.8 Å². The van der Waals surface area contributed by atoms with Gasteiger partial charge < -0.3 is 30.1 Å². The topological polar surface area (TPSA) is 154 Å². The fraction of sp³-hybridized carbons (Fsp3) is 0.552. The zero-order valence-corrected chi connectivity index (χ0v) is 27.0. The molecule has 1 fully saturated rings. The summed E-state index contributed by atoms with van der Waals surface area (Å²) in [7, 11) is -1.84. The van der Waals surface area contributed by atoms with Crippen LogP contribution in [-0.4, -0.2) is 85.8 Å². The smallest absolute Gasteiger partial charge is 0.410 e. The molecular weight excluding hydrogens is 574 g/mol. The highest BCUT2D eigenvalue weighted by atomic mass is 32.2. The first kappa shape index (κ1) is 33.6. The van der Waals surface area contributed by atoms with Gasteiger partial charge in [0.05, 0.1) is 17.6 Å². The van der Waals surface area contributed by atoms with Crippen molar-refractivity contribution < 1.29 is 27.5 Å². The molecule has 2 aliphatic rings. The standard InChI is InChI=1S/C20H26N6O4S.C9H17NO2/c1-6-17(27)22-13-7-14(9-15(8-13)31(5,29)30)23-20-21-10-16-19(24-20)26(12(2)3)11-18(28)25(16)4;1-9(2,3)12-8(11)10-6-4-5-7-10/h7-10,12H,6,11H2,1-5H3,(H,22,27)(H,21,23,24);4-7H2,1-3H3. The quantitative estimate of drug-likeness (QED) is 0.482. The number of aromatic nitrogens is 2. The number of likely N-dealkylation sites (N-methyl/N-ethyl adjacent to an activating group) is 1. The molecule has 0 bridgehead atoms. The highest BCUT2D eigenvalue weighted by molar-refractivity contribution is 7.90. The largest absolute Gasteiger partial charge is 0.444 e. The van der Waals surface area contributed by atoms with E-state index in [1.54, 1.807) is 31.1 Å². The number of anilines is 5. The summed E-state index contributed by atoms with van der Waals surface area (Å²) in [6.07, 6.45) is 4.97. The molecular formula is C29H43N7O6S. The summed E-state index contributed by atoms with van der Waals surface area (Å²) >= 11 is 0. The molecule has 0 saturated carbocycles. The predicted molar refractivity (Wildman–Crippen MR) is 167 cm³/mol. The molecule has 1 aromatic carbocycles. The maximum atomic E-state index is 12.3. The van der Waals surface area contributed by atoms with Crippen molar-refractivity contribution in [2.24, 2.45) is 0 Å². The number of nitrogens with one attached hydrogen (secondary N) is 2. The van der Waals surface area contributed by atoms with E-state index in [-0.39, 0.29) is 53.4 Å². The van der Waals surface area contributed by atoms with E-state index in [1.165, 1.54) is 17.0 Å². The lowest BCUT2D eigenvalue weighted by atomic mass is 10.2. The summed E-state index contributed by atoms with van der Waals surface area (Å²) < 4.78 is 29.4. The highest BCUT2D eigenvalue weighted by Crippen LogP contribution is 2.33.